The van der Waals surface area contributed by atoms with Crippen LogP contribution in [0.2, 0.25) is 0 Å². The van der Waals surface area contributed by atoms with E-state index in [2.05, 4.69) is 0 Å². The number of Topliss-reactive ketones (excluding diaryl/α,β-unsaturated/α-hetero) is 2. The van der Waals surface area contributed by atoms with Crippen molar-refractivity contribution in [3.8, 4) is 0 Å². The van der Waals surface area contributed by atoms with Gasteiger partial charge >= 0.3 is 0 Å². The SMILES string of the molecule is CC(=O)CC(=O)C12CC3CC(CC(C3)C1)C2. The fraction of sp³-hybridized carbons (Fsp3) is 0.857. The Morgan fingerprint density at radius 1 is 1.00 bits per heavy atom. The molecule has 0 aliphatic heterocycles. The fourth-order valence-electron chi connectivity index (χ4n) is 4.87. The van der Waals surface area contributed by atoms with Gasteiger partial charge in [0.05, 0.1) is 6.42 Å². The average Bonchev–Trinajstić information content (AvgIpc) is 2.13. The zero-order valence-corrected chi connectivity index (χ0v) is 10.00. The van der Waals surface area contributed by atoms with E-state index in [9.17, 15) is 9.59 Å². The van der Waals surface area contributed by atoms with Crippen LogP contribution in [0.15, 0.2) is 0 Å². The molecule has 4 fully saturated rings. The van der Waals surface area contributed by atoms with Crippen molar-refractivity contribution < 1.29 is 9.59 Å². The van der Waals surface area contributed by atoms with Crippen LogP contribution in [0.4, 0.5) is 0 Å². The third kappa shape index (κ3) is 1.54. The summed E-state index contributed by atoms with van der Waals surface area (Å²) in [7, 11) is 0. The molecule has 16 heavy (non-hydrogen) atoms. The predicted molar refractivity (Wildman–Crippen MR) is 60.9 cm³/mol. The van der Waals surface area contributed by atoms with Crippen molar-refractivity contribution in [2.75, 3.05) is 0 Å². The van der Waals surface area contributed by atoms with Gasteiger partial charge in [0.1, 0.15) is 11.6 Å². The van der Waals surface area contributed by atoms with Crippen molar-refractivity contribution in [2.24, 2.45) is 23.2 Å². The number of ketones is 2. The van der Waals surface area contributed by atoms with Crippen LogP contribution in [-0.4, -0.2) is 11.6 Å². The Kier molecular flexibility index (Phi) is 2.24. The maximum Gasteiger partial charge on any atom is 0.146 e. The van der Waals surface area contributed by atoms with Gasteiger partial charge in [0.25, 0.3) is 0 Å². The van der Waals surface area contributed by atoms with Gasteiger partial charge in [-0.3, -0.25) is 9.59 Å². The van der Waals surface area contributed by atoms with E-state index in [-0.39, 0.29) is 23.4 Å². The van der Waals surface area contributed by atoms with Crippen LogP contribution in [0.3, 0.4) is 0 Å². The lowest BCUT2D eigenvalue weighted by Gasteiger charge is -2.56. The third-order valence-corrected chi connectivity index (χ3v) is 5.04. The highest BCUT2D eigenvalue weighted by Crippen LogP contribution is 2.60. The summed E-state index contributed by atoms with van der Waals surface area (Å²) >= 11 is 0. The van der Waals surface area contributed by atoms with Crippen LogP contribution in [0.1, 0.15) is 51.9 Å². The summed E-state index contributed by atoms with van der Waals surface area (Å²) in [6.45, 7) is 1.54. The van der Waals surface area contributed by atoms with Crippen molar-refractivity contribution in [1.29, 1.82) is 0 Å². The zero-order valence-electron chi connectivity index (χ0n) is 10.00. The Morgan fingerprint density at radius 2 is 1.44 bits per heavy atom. The molecule has 2 heteroatoms. The molecule has 0 atom stereocenters. The Bertz CT molecular complexity index is 307. The van der Waals surface area contributed by atoms with E-state index >= 15 is 0 Å². The Hall–Kier alpha value is -0.660. The van der Waals surface area contributed by atoms with E-state index in [4.69, 9.17) is 0 Å². The lowest BCUT2D eigenvalue weighted by Crippen LogP contribution is -2.50. The zero-order chi connectivity index (χ0) is 11.3. The molecular formula is C14H20O2. The van der Waals surface area contributed by atoms with Gasteiger partial charge in [-0.2, -0.15) is 0 Å². The Morgan fingerprint density at radius 3 is 1.81 bits per heavy atom. The summed E-state index contributed by atoms with van der Waals surface area (Å²) in [5.74, 6) is 2.69. The maximum atomic E-state index is 12.3. The first kappa shape index (κ1) is 10.5. The van der Waals surface area contributed by atoms with E-state index in [0.717, 1.165) is 37.0 Å². The lowest BCUT2D eigenvalue weighted by atomic mass is 9.48. The molecule has 0 unspecified atom stereocenters. The van der Waals surface area contributed by atoms with Gasteiger partial charge in [0.15, 0.2) is 0 Å². The number of carbonyl (C=O) groups excluding carboxylic acids is 2. The van der Waals surface area contributed by atoms with E-state index in [1.165, 1.54) is 19.3 Å². The molecule has 0 aromatic rings. The molecule has 0 aromatic heterocycles. The molecule has 4 saturated carbocycles. The second kappa shape index (κ2) is 3.41. The summed E-state index contributed by atoms with van der Waals surface area (Å²) in [5, 5.41) is 0. The predicted octanol–water partition coefficient (Wildman–Crippen LogP) is 2.75. The lowest BCUT2D eigenvalue weighted by molar-refractivity contribution is -0.145. The first-order chi connectivity index (χ1) is 7.57. The summed E-state index contributed by atoms with van der Waals surface area (Å²) in [6.07, 6.45) is 7.51. The van der Waals surface area contributed by atoms with Crippen molar-refractivity contribution in [3.05, 3.63) is 0 Å². The van der Waals surface area contributed by atoms with Crippen LogP contribution in [-0.2, 0) is 9.59 Å². The van der Waals surface area contributed by atoms with Crippen LogP contribution < -0.4 is 0 Å². The molecule has 0 N–H and O–H groups in total. The van der Waals surface area contributed by atoms with Crippen LogP contribution in [0.25, 0.3) is 0 Å². The molecule has 0 saturated heterocycles. The van der Waals surface area contributed by atoms with Gasteiger partial charge in [-0.05, 0) is 63.2 Å². The van der Waals surface area contributed by atoms with Gasteiger partial charge in [0, 0.05) is 5.41 Å². The molecule has 0 spiro atoms. The highest BCUT2D eigenvalue weighted by molar-refractivity contribution is 6.01. The van der Waals surface area contributed by atoms with Crippen molar-refractivity contribution in [3.63, 3.8) is 0 Å². The molecule has 4 aliphatic rings. The first-order valence-corrected chi connectivity index (χ1v) is 6.60. The Balaban J connectivity index is 1.83. The number of carbonyl (C=O) groups is 2. The molecule has 88 valence electrons. The minimum Gasteiger partial charge on any atom is -0.300 e. The quantitative estimate of drug-likeness (QED) is 0.685. The van der Waals surface area contributed by atoms with E-state index < -0.39 is 0 Å². The number of hydrogen-bond acceptors (Lipinski definition) is 2. The fourth-order valence-corrected chi connectivity index (χ4v) is 4.87. The third-order valence-electron chi connectivity index (χ3n) is 5.04. The smallest absolute Gasteiger partial charge is 0.146 e. The standard InChI is InChI=1S/C14H20O2/c1-9(15)2-13(16)14-6-10-3-11(7-14)5-12(4-10)8-14/h10-12H,2-8H2,1H3. The molecule has 4 bridgehead atoms. The normalized spacial score (nSPS) is 44.7. The summed E-state index contributed by atoms with van der Waals surface area (Å²) < 4.78 is 0. The van der Waals surface area contributed by atoms with Gasteiger partial charge in [0.2, 0.25) is 0 Å². The molecule has 0 aromatic carbocycles. The molecule has 0 radical (unpaired) electrons. The summed E-state index contributed by atoms with van der Waals surface area (Å²) in [4.78, 5) is 23.4. The summed E-state index contributed by atoms with van der Waals surface area (Å²) in [6, 6.07) is 0. The van der Waals surface area contributed by atoms with Gasteiger partial charge in [-0.1, -0.05) is 0 Å². The number of rotatable bonds is 3. The highest BCUT2D eigenvalue weighted by Gasteiger charge is 2.54. The van der Waals surface area contributed by atoms with Gasteiger partial charge in [-0.15, -0.1) is 0 Å². The Labute approximate surface area is 96.8 Å². The first-order valence-electron chi connectivity index (χ1n) is 6.60. The molecule has 0 amide bonds. The monoisotopic (exact) mass is 220 g/mol. The second-order valence-electron chi connectivity index (χ2n) is 6.50. The van der Waals surface area contributed by atoms with Crippen molar-refractivity contribution in [1.82, 2.24) is 0 Å². The summed E-state index contributed by atoms with van der Waals surface area (Å²) in [5.41, 5.74) is -0.0690. The van der Waals surface area contributed by atoms with E-state index in [1.807, 2.05) is 0 Å². The molecule has 4 rings (SSSR count). The van der Waals surface area contributed by atoms with Crippen molar-refractivity contribution >= 4 is 11.6 Å². The van der Waals surface area contributed by atoms with Crippen molar-refractivity contribution in [2.45, 2.75) is 51.9 Å². The van der Waals surface area contributed by atoms with Gasteiger partial charge in [-0.25, -0.2) is 0 Å². The molecule has 0 heterocycles. The maximum absolute atomic E-state index is 12.3. The second-order valence-corrected chi connectivity index (χ2v) is 6.50. The highest BCUT2D eigenvalue weighted by atomic mass is 16.1. The molecular weight excluding hydrogens is 200 g/mol. The van der Waals surface area contributed by atoms with Gasteiger partial charge < -0.3 is 0 Å². The van der Waals surface area contributed by atoms with Crippen LogP contribution in [0, 0.1) is 23.2 Å². The molecule has 2 nitrogen and oxygen atoms in total. The van der Waals surface area contributed by atoms with E-state index in [1.54, 1.807) is 6.92 Å². The van der Waals surface area contributed by atoms with E-state index in [0.29, 0.717) is 0 Å². The minimum atomic E-state index is -0.0690. The molecule has 4 aliphatic carbocycles. The van der Waals surface area contributed by atoms with Crippen LogP contribution >= 0.6 is 0 Å². The number of hydrogen-bond donors (Lipinski definition) is 0. The van der Waals surface area contributed by atoms with Crippen LogP contribution in [0.5, 0.6) is 0 Å². The topological polar surface area (TPSA) is 34.1 Å². The largest absolute Gasteiger partial charge is 0.300 e. The average molecular weight is 220 g/mol. The minimum absolute atomic E-state index is 0.0424.